The van der Waals surface area contributed by atoms with Crippen LogP contribution in [0.1, 0.15) is 39.5 Å². The van der Waals surface area contributed by atoms with Crippen LogP contribution in [0.25, 0.3) is 0 Å². The number of alkyl halides is 1. The lowest BCUT2D eigenvalue weighted by molar-refractivity contribution is -0.137. The maximum absolute atomic E-state index is 12.3. The van der Waals surface area contributed by atoms with E-state index in [9.17, 15) is 4.79 Å². The van der Waals surface area contributed by atoms with Crippen LogP contribution in [0.4, 0.5) is 0 Å². The van der Waals surface area contributed by atoms with Crippen molar-refractivity contribution in [1.29, 1.82) is 0 Å². The summed E-state index contributed by atoms with van der Waals surface area (Å²) in [5.74, 6) is 0.710. The van der Waals surface area contributed by atoms with Gasteiger partial charge in [-0.2, -0.15) is 0 Å². The second-order valence-electron chi connectivity index (χ2n) is 5.55. The maximum atomic E-state index is 12.3. The lowest BCUT2D eigenvalue weighted by atomic mass is 9.91. The van der Waals surface area contributed by atoms with Crippen molar-refractivity contribution in [1.82, 2.24) is 4.90 Å². The molecule has 2 fully saturated rings. The number of hydrogen-bond donors (Lipinski definition) is 0. The Hall–Kier alpha value is -0.0500. The predicted molar refractivity (Wildman–Crippen MR) is 65.0 cm³/mol. The van der Waals surface area contributed by atoms with Crippen molar-refractivity contribution < 1.29 is 4.79 Å². The van der Waals surface area contributed by atoms with Gasteiger partial charge in [0.1, 0.15) is 0 Å². The first-order valence-corrected chi connectivity index (χ1v) is 7.05. The van der Waals surface area contributed by atoms with Gasteiger partial charge in [-0.1, -0.05) is 29.8 Å². The van der Waals surface area contributed by atoms with E-state index in [1.807, 2.05) is 0 Å². The maximum Gasteiger partial charge on any atom is 0.226 e. The van der Waals surface area contributed by atoms with Gasteiger partial charge in [-0.05, 0) is 31.1 Å². The number of carbonyl (C=O) groups is 1. The zero-order valence-corrected chi connectivity index (χ0v) is 11.2. The monoisotopic (exact) mass is 273 g/mol. The second-order valence-corrected chi connectivity index (χ2v) is 6.34. The Morgan fingerprint density at radius 3 is 2.40 bits per heavy atom. The molecule has 0 bridgehead atoms. The second kappa shape index (κ2) is 4.08. The van der Waals surface area contributed by atoms with Crippen LogP contribution in [0.15, 0.2) is 0 Å². The number of carbonyl (C=O) groups excluding carboxylic acids is 1. The molecule has 2 saturated carbocycles. The molecule has 0 N–H and O–H groups in total. The van der Waals surface area contributed by atoms with Crippen LogP contribution in [0, 0.1) is 11.3 Å². The van der Waals surface area contributed by atoms with Gasteiger partial charge in [-0.3, -0.25) is 4.79 Å². The number of amides is 1. The highest BCUT2D eigenvalue weighted by atomic mass is 79.9. The van der Waals surface area contributed by atoms with E-state index in [4.69, 9.17) is 0 Å². The molecule has 1 atom stereocenters. The molecule has 0 spiro atoms. The SMILES string of the molecule is CC1(C)CC1C(=O)N(CCBr)C1CCC1. The predicted octanol–water partition coefficient (Wildman–Crippen LogP) is 2.81. The third-order valence-electron chi connectivity index (χ3n) is 3.94. The smallest absolute Gasteiger partial charge is 0.226 e. The molecule has 2 aliphatic rings. The summed E-state index contributed by atoms with van der Waals surface area (Å²) < 4.78 is 0. The van der Waals surface area contributed by atoms with Gasteiger partial charge >= 0.3 is 0 Å². The van der Waals surface area contributed by atoms with Crippen molar-refractivity contribution in [3.63, 3.8) is 0 Å². The van der Waals surface area contributed by atoms with Crippen LogP contribution in [0.2, 0.25) is 0 Å². The molecule has 0 aliphatic heterocycles. The van der Waals surface area contributed by atoms with E-state index in [0.717, 1.165) is 18.3 Å². The van der Waals surface area contributed by atoms with Crippen molar-refractivity contribution in [2.75, 3.05) is 11.9 Å². The van der Waals surface area contributed by atoms with Gasteiger partial charge < -0.3 is 4.90 Å². The Labute approximate surface area is 101 Å². The summed E-state index contributed by atoms with van der Waals surface area (Å²) in [4.78, 5) is 14.4. The molecule has 0 aromatic rings. The topological polar surface area (TPSA) is 20.3 Å². The van der Waals surface area contributed by atoms with E-state index in [1.165, 1.54) is 19.3 Å². The highest BCUT2D eigenvalue weighted by Crippen LogP contribution is 2.53. The fourth-order valence-corrected chi connectivity index (χ4v) is 2.73. The fraction of sp³-hybridized carbons (Fsp3) is 0.917. The zero-order chi connectivity index (χ0) is 11.1. The third kappa shape index (κ3) is 2.22. The lowest BCUT2D eigenvalue weighted by Gasteiger charge is -2.37. The minimum Gasteiger partial charge on any atom is -0.339 e. The Kier molecular flexibility index (Phi) is 3.11. The molecule has 15 heavy (non-hydrogen) atoms. The number of hydrogen-bond acceptors (Lipinski definition) is 1. The van der Waals surface area contributed by atoms with E-state index >= 15 is 0 Å². The Balaban J connectivity index is 1.95. The number of nitrogens with zero attached hydrogens (tertiary/aromatic N) is 1. The Morgan fingerprint density at radius 1 is 1.47 bits per heavy atom. The van der Waals surface area contributed by atoms with Crippen molar-refractivity contribution in [3.8, 4) is 0 Å². The molecule has 0 heterocycles. The first-order valence-electron chi connectivity index (χ1n) is 5.93. The van der Waals surface area contributed by atoms with E-state index in [1.54, 1.807) is 0 Å². The largest absolute Gasteiger partial charge is 0.339 e. The van der Waals surface area contributed by atoms with Crippen LogP contribution in [0.3, 0.4) is 0 Å². The number of rotatable bonds is 4. The average molecular weight is 274 g/mol. The first kappa shape index (κ1) is 11.4. The van der Waals surface area contributed by atoms with Crippen LogP contribution in [-0.4, -0.2) is 28.7 Å². The summed E-state index contributed by atoms with van der Waals surface area (Å²) in [7, 11) is 0. The van der Waals surface area contributed by atoms with E-state index in [0.29, 0.717) is 17.9 Å². The van der Waals surface area contributed by atoms with Gasteiger partial charge in [0.2, 0.25) is 5.91 Å². The fourth-order valence-electron chi connectivity index (χ4n) is 2.35. The number of halogens is 1. The molecule has 3 heteroatoms. The highest BCUT2D eigenvalue weighted by Gasteiger charge is 2.52. The molecule has 0 radical (unpaired) electrons. The van der Waals surface area contributed by atoms with Crippen LogP contribution in [-0.2, 0) is 4.79 Å². The Bertz CT molecular complexity index is 260. The minimum atomic E-state index is 0.269. The molecule has 0 aromatic carbocycles. The van der Waals surface area contributed by atoms with E-state index < -0.39 is 0 Å². The summed E-state index contributed by atoms with van der Waals surface area (Å²) in [5.41, 5.74) is 0.269. The van der Waals surface area contributed by atoms with Gasteiger partial charge in [0.25, 0.3) is 0 Å². The van der Waals surface area contributed by atoms with Gasteiger partial charge in [-0.15, -0.1) is 0 Å². The summed E-state index contributed by atoms with van der Waals surface area (Å²) in [6.45, 7) is 5.28. The van der Waals surface area contributed by atoms with Crippen molar-refractivity contribution in [2.45, 2.75) is 45.6 Å². The Morgan fingerprint density at radius 2 is 2.07 bits per heavy atom. The van der Waals surface area contributed by atoms with Gasteiger partial charge in [0, 0.05) is 23.8 Å². The molecule has 1 amide bonds. The molecule has 86 valence electrons. The molecule has 0 aromatic heterocycles. The van der Waals surface area contributed by atoms with Crippen LogP contribution < -0.4 is 0 Å². The summed E-state index contributed by atoms with van der Waals surface area (Å²) in [6, 6.07) is 0.548. The first-order chi connectivity index (χ1) is 7.06. The lowest BCUT2D eigenvalue weighted by Crippen LogP contribution is -2.46. The van der Waals surface area contributed by atoms with Crippen molar-refractivity contribution >= 4 is 21.8 Å². The summed E-state index contributed by atoms with van der Waals surface area (Å²) in [5, 5.41) is 0.905. The normalized spacial score (nSPS) is 28.3. The quantitative estimate of drug-likeness (QED) is 0.722. The zero-order valence-electron chi connectivity index (χ0n) is 9.63. The standard InChI is InChI=1S/C12H20BrNO/c1-12(2)8-10(12)11(15)14(7-6-13)9-4-3-5-9/h9-10H,3-8H2,1-2H3. The molecular formula is C12H20BrNO. The van der Waals surface area contributed by atoms with E-state index in [-0.39, 0.29) is 5.41 Å². The average Bonchev–Trinajstić information content (AvgIpc) is 2.70. The molecule has 2 nitrogen and oxygen atoms in total. The van der Waals surface area contributed by atoms with Crippen LogP contribution in [0.5, 0.6) is 0 Å². The van der Waals surface area contributed by atoms with Gasteiger partial charge in [-0.25, -0.2) is 0 Å². The molecule has 2 aliphatic carbocycles. The molecule has 2 rings (SSSR count). The van der Waals surface area contributed by atoms with Crippen molar-refractivity contribution in [3.05, 3.63) is 0 Å². The third-order valence-corrected chi connectivity index (χ3v) is 4.29. The van der Waals surface area contributed by atoms with E-state index in [2.05, 4.69) is 34.7 Å². The summed E-state index contributed by atoms with van der Waals surface area (Å²) >= 11 is 3.44. The minimum absolute atomic E-state index is 0.269. The summed E-state index contributed by atoms with van der Waals surface area (Å²) in [6.07, 6.45) is 4.81. The van der Waals surface area contributed by atoms with Crippen LogP contribution >= 0.6 is 15.9 Å². The molecule has 0 saturated heterocycles. The van der Waals surface area contributed by atoms with Crippen molar-refractivity contribution in [2.24, 2.45) is 11.3 Å². The van der Waals surface area contributed by atoms with Gasteiger partial charge in [0.05, 0.1) is 0 Å². The van der Waals surface area contributed by atoms with Gasteiger partial charge in [0.15, 0.2) is 0 Å². The molecular weight excluding hydrogens is 254 g/mol. The highest BCUT2D eigenvalue weighted by molar-refractivity contribution is 9.09. The molecule has 1 unspecified atom stereocenters.